The lowest BCUT2D eigenvalue weighted by atomic mass is 9.90. The highest BCUT2D eigenvalue weighted by Gasteiger charge is 2.39. The molecule has 1 aliphatic heterocycles. The van der Waals surface area contributed by atoms with E-state index < -0.39 is 0 Å². The Bertz CT molecular complexity index is 781. The molecule has 1 amide bonds. The third-order valence-corrected chi connectivity index (χ3v) is 4.96. The summed E-state index contributed by atoms with van der Waals surface area (Å²) in [6.07, 6.45) is 6.13. The second-order valence-corrected chi connectivity index (χ2v) is 6.97. The number of aromatic nitrogens is 4. The molecule has 24 heavy (non-hydrogen) atoms. The van der Waals surface area contributed by atoms with E-state index in [1.54, 1.807) is 4.68 Å². The van der Waals surface area contributed by atoms with E-state index in [0.29, 0.717) is 12.5 Å². The maximum Gasteiger partial charge on any atom is 0.223 e. The van der Waals surface area contributed by atoms with Crippen LogP contribution in [0.1, 0.15) is 41.8 Å². The van der Waals surface area contributed by atoms with Crippen molar-refractivity contribution in [3.63, 3.8) is 0 Å². The highest BCUT2D eigenvalue weighted by Crippen LogP contribution is 2.40. The quantitative estimate of drug-likeness (QED) is 0.909. The van der Waals surface area contributed by atoms with Crippen LogP contribution in [0.5, 0.6) is 0 Å². The second-order valence-electron chi connectivity index (χ2n) is 6.97. The predicted molar refractivity (Wildman–Crippen MR) is 89.6 cm³/mol. The molecule has 2 aromatic rings. The molecule has 7 nitrogen and oxygen atoms in total. The number of primary amides is 1. The first-order valence-corrected chi connectivity index (χ1v) is 8.39. The molecule has 0 bridgehead atoms. The Hall–Kier alpha value is -2.44. The molecule has 2 aliphatic rings. The molecule has 1 saturated carbocycles. The number of nitrogens with two attached hydrogens (primary N) is 1. The third kappa shape index (κ3) is 2.74. The van der Waals surface area contributed by atoms with Crippen LogP contribution in [-0.2, 0) is 11.8 Å². The molecule has 2 aromatic heterocycles. The standard InChI is InChI=1S/C17H22N6O/c1-10-5-15(21-17(20-10)11-3-4-11)23-8-13(14(9-23)16(18)24)12-6-19-22(2)7-12/h5-7,11,13-14H,3-4,8-9H2,1-2H3,(H2,18,24)/t13-,14+/m1/s1. The minimum atomic E-state index is -0.264. The van der Waals surface area contributed by atoms with Crippen molar-refractivity contribution >= 4 is 11.7 Å². The topological polar surface area (TPSA) is 89.9 Å². The first kappa shape index (κ1) is 15.1. The number of anilines is 1. The number of carbonyl (C=O) groups is 1. The first-order valence-electron chi connectivity index (χ1n) is 8.39. The summed E-state index contributed by atoms with van der Waals surface area (Å²) in [4.78, 5) is 23.4. The Morgan fingerprint density at radius 3 is 2.71 bits per heavy atom. The monoisotopic (exact) mass is 326 g/mol. The van der Waals surface area contributed by atoms with Gasteiger partial charge >= 0.3 is 0 Å². The number of aryl methyl sites for hydroxylation is 2. The van der Waals surface area contributed by atoms with E-state index in [1.165, 1.54) is 12.8 Å². The van der Waals surface area contributed by atoms with Gasteiger partial charge in [-0.2, -0.15) is 5.10 Å². The van der Waals surface area contributed by atoms with Gasteiger partial charge in [0.25, 0.3) is 0 Å². The van der Waals surface area contributed by atoms with Gasteiger partial charge in [0.15, 0.2) is 0 Å². The van der Waals surface area contributed by atoms with Crippen LogP contribution >= 0.6 is 0 Å². The summed E-state index contributed by atoms with van der Waals surface area (Å²) in [7, 11) is 1.88. The lowest BCUT2D eigenvalue weighted by Crippen LogP contribution is -2.29. The zero-order chi connectivity index (χ0) is 16.8. The van der Waals surface area contributed by atoms with Gasteiger partial charge < -0.3 is 10.6 Å². The van der Waals surface area contributed by atoms with Gasteiger partial charge in [0.2, 0.25) is 5.91 Å². The molecule has 0 aromatic carbocycles. The van der Waals surface area contributed by atoms with Crippen molar-refractivity contribution < 1.29 is 4.79 Å². The Balaban J connectivity index is 1.64. The van der Waals surface area contributed by atoms with Crippen molar-refractivity contribution in [1.82, 2.24) is 19.7 Å². The molecular formula is C17H22N6O. The highest BCUT2D eigenvalue weighted by atomic mass is 16.1. The van der Waals surface area contributed by atoms with Crippen molar-refractivity contribution in [3.8, 4) is 0 Å². The SMILES string of the molecule is Cc1cc(N2C[C@H](C(N)=O)[C@@H](c3cnn(C)c3)C2)nc(C2CC2)n1. The average molecular weight is 326 g/mol. The molecular weight excluding hydrogens is 304 g/mol. The fraction of sp³-hybridized carbons (Fsp3) is 0.529. The molecule has 4 rings (SSSR count). The van der Waals surface area contributed by atoms with Crippen molar-refractivity contribution in [2.24, 2.45) is 18.7 Å². The molecule has 3 heterocycles. The van der Waals surface area contributed by atoms with Gasteiger partial charge in [0.05, 0.1) is 12.1 Å². The van der Waals surface area contributed by atoms with Crippen LogP contribution in [0, 0.1) is 12.8 Å². The molecule has 0 spiro atoms. The average Bonchev–Trinajstić information content (AvgIpc) is 3.14. The Morgan fingerprint density at radius 1 is 1.29 bits per heavy atom. The largest absolute Gasteiger partial charge is 0.369 e. The zero-order valence-corrected chi connectivity index (χ0v) is 14.0. The second kappa shape index (κ2) is 5.58. The van der Waals surface area contributed by atoms with E-state index in [-0.39, 0.29) is 17.7 Å². The summed E-state index contributed by atoms with van der Waals surface area (Å²) in [5.74, 6) is 1.91. The lowest BCUT2D eigenvalue weighted by molar-refractivity contribution is -0.121. The number of rotatable bonds is 4. The van der Waals surface area contributed by atoms with E-state index in [1.807, 2.05) is 32.4 Å². The smallest absolute Gasteiger partial charge is 0.223 e. The van der Waals surface area contributed by atoms with E-state index in [9.17, 15) is 4.79 Å². The van der Waals surface area contributed by atoms with Crippen LogP contribution < -0.4 is 10.6 Å². The molecule has 1 aliphatic carbocycles. The van der Waals surface area contributed by atoms with Gasteiger partial charge in [0.1, 0.15) is 11.6 Å². The van der Waals surface area contributed by atoms with Crippen LogP contribution in [0.4, 0.5) is 5.82 Å². The fourth-order valence-electron chi connectivity index (χ4n) is 3.51. The van der Waals surface area contributed by atoms with Gasteiger partial charge in [-0.1, -0.05) is 0 Å². The Kier molecular flexibility index (Phi) is 3.51. The summed E-state index contributed by atoms with van der Waals surface area (Å²) >= 11 is 0. The summed E-state index contributed by atoms with van der Waals surface area (Å²) in [5, 5.41) is 4.23. The maximum absolute atomic E-state index is 12.0. The number of amides is 1. The molecule has 2 N–H and O–H groups in total. The van der Waals surface area contributed by atoms with Crippen molar-refractivity contribution in [1.29, 1.82) is 0 Å². The molecule has 2 atom stereocenters. The Morgan fingerprint density at radius 2 is 2.08 bits per heavy atom. The summed E-state index contributed by atoms with van der Waals surface area (Å²) in [5.41, 5.74) is 7.69. The summed E-state index contributed by atoms with van der Waals surface area (Å²) < 4.78 is 1.76. The van der Waals surface area contributed by atoms with E-state index >= 15 is 0 Å². The van der Waals surface area contributed by atoms with Gasteiger partial charge in [-0.15, -0.1) is 0 Å². The number of hydrogen-bond donors (Lipinski definition) is 1. The van der Waals surface area contributed by atoms with Crippen LogP contribution in [0.25, 0.3) is 0 Å². The van der Waals surface area contributed by atoms with Gasteiger partial charge in [-0.25, -0.2) is 9.97 Å². The molecule has 7 heteroatoms. The zero-order valence-electron chi connectivity index (χ0n) is 14.0. The maximum atomic E-state index is 12.0. The minimum absolute atomic E-state index is 0.0517. The molecule has 0 unspecified atom stereocenters. The molecule has 126 valence electrons. The fourth-order valence-corrected chi connectivity index (χ4v) is 3.51. The van der Waals surface area contributed by atoms with E-state index in [4.69, 9.17) is 10.7 Å². The number of hydrogen-bond acceptors (Lipinski definition) is 5. The van der Waals surface area contributed by atoms with Crippen LogP contribution in [0.3, 0.4) is 0 Å². The van der Waals surface area contributed by atoms with Gasteiger partial charge in [0, 0.05) is 49.9 Å². The predicted octanol–water partition coefficient (Wildman–Crippen LogP) is 1.10. The number of carbonyl (C=O) groups excluding carboxylic acids is 1. The van der Waals surface area contributed by atoms with Gasteiger partial charge in [-0.05, 0) is 25.3 Å². The highest BCUT2D eigenvalue weighted by molar-refractivity contribution is 5.79. The molecule has 1 saturated heterocycles. The van der Waals surface area contributed by atoms with Crippen LogP contribution in [0.2, 0.25) is 0 Å². The molecule has 0 radical (unpaired) electrons. The summed E-state index contributed by atoms with van der Waals surface area (Å²) in [6, 6.07) is 2.00. The third-order valence-electron chi connectivity index (χ3n) is 4.96. The van der Waals surface area contributed by atoms with E-state index in [2.05, 4.69) is 15.0 Å². The lowest BCUT2D eigenvalue weighted by Gasteiger charge is -2.18. The normalized spacial score (nSPS) is 23.7. The van der Waals surface area contributed by atoms with Crippen LogP contribution in [0.15, 0.2) is 18.5 Å². The Labute approximate surface area is 140 Å². The van der Waals surface area contributed by atoms with Crippen molar-refractivity contribution in [2.45, 2.75) is 31.6 Å². The minimum Gasteiger partial charge on any atom is -0.369 e. The van der Waals surface area contributed by atoms with Crippen LogP contribution in [-0.4, -0.2) is 38.7 Å². The van der Waals surface area contributed by atoms with E-state index in [0.717, 1.165) is 29.4 Å². The van der Waals surface area contributed by atoms with Crippen molar-refractivity contribution in [2.75, 3.05) is 18.0 Å². The number of nitrogens with zero attached hydrogens (tertiary/aromatic N) is 5. The van der Waals surface area contributed by atoms with Crippen molar-refractivity contribution in [3.05, 3.63) is 35.5 Å². The summed E-state index contributed by atoms with van der Waals surface area (Å²) in [6.45, 7) is 3.31. The first-order chi connectivity index (χ1) is 11.5. The molecule has 2 fully saturated rings. The van der Waals surface area contributed by atoms with Gasteiger partial charge in [-0.3, -0.25) is 9.48 Å².